The van der Waals surface area contributed by atoms with E-state index in [9.17, 15) is 0 Å². The van der Waals surface area contributed by atoms with Gasteiger partial charge in [0.05, 0.1) is 0 Å². The fourth-order valence-electron chi connectivity index (χ4n) is 0. The van der Waals surface area contributed by atoms with Crippen LogP contribution < -0.4 is 0 Å². The predicted octanol–water partition coefficient (Wildman–Crippen LogP) is -0.723. The second-order valence-electron chi connectivity index (χ2n) is 0. The summed E-state index contributed by atoms with van der Waals surface area (Å²) in [6, 6.07) is 0. The average Bonchev–Trinajstić information content (AvgIpc) is 0. The van der Waals surface area contributed by atoms with Crippen molar-refractivity contribution in [2.45, 2.75) is 0 Å². The Hall–Kier alpha value is 2.22. The zero-order valence-corrected chi connectivity index (χ0v) is 1.63. The molecule has 0 saturated heterocycles. The van der Waals surface area contributed by atoms with Crippen LogP contribution in [0.1, 0.15) is 0 Å². The van der Waals surface area contributed by atoms with Crippen LogP contribution in [-0.4, -0.2) is 59.1 Å². The van der Waals surface area contributed by atoms with Gasteiger partial charge in [-0.05, 0) is 0 Å². The van der Waals surface area contributed by atoms with Gasteiger partial charge >= 0.3 is 59.1 Å². The molecule has 0 unspecified atom stereocenters. The SMILES string of the molecule is Cl.F.[NaH].[NaH]. The molecule has 0 bridgehead atoms. The van der Waals surface area contributed by atoms with Crippen molar-refractivity contribution in [3.8, 4) is 0 Å². The minimum atomic E-state index is 0. The third-order valence-corrected chi connectivity index (χ3v) is 0. The molecule has 0 fully saturated rings. The van der Waals surface area contributed by atoms with Gasteiger partial charge < -0.3 is 0 Å². The van der Waals surface area contributed by atoms with Crippen LogP contribution in [0.2, 0.25) is 0 Å². The van der Waals surface area contributed by atoms with Crippen molar-refractivity contribution in [1.29, 1.82) is 0 Å². The molecule has 0 aliphatic rings. The summed E-state index contributed by atoms with van der Waals surface area (Å²) in [4.78, 5) is 0. The fourth-order valence-corrected chi connectivity index (χ4v) is 0. The quantitative estimate of drug-likeness (QED) is 0.356. The molecular formula is H4ClFNa2. The Bertz CT molecular complexity index is 6.00. The van der Waals surface area contributed by atoms with E-state index in [0.717, 1.165) is 0 Å². The Morgan fingerprint density at radius 2 is 0.750 bits per heavy atom. The molecule has 0 amide bonds. The standard InChI is InChI=1S/ClH.FH.2Na.2H/h2*1H;;;;. The van der Waals surface area contributed by atoms with E-state index in [1.165, 1.54) is 0 Å². The summed E-state index contributed by atoms with van der Waals surface area (Å²) >= 11 is 0. The summed E-state index contributed by atoms with van der Waals surface area (Å²) in [5.41, 5.74) is 0. The van der Waals surface area contributed by atoms with E-state index in [1.54, 1.807) is 0 Å². The summed E-state index contributed by atoms with van der Waals surface area (Å²) in [7, 11) is 0. The van der Waals surface area contributed by atoms with Crippen LogP contribution in [0.25, 0.3) is 0 Å². The van der Waals surface area contributed by atoms with Gasteiger partial charge in [0.15, 0.2) is 0 Å². The zero-order valence-electron chi connectivity index (χ0n) is 0.816. The van der Waals surface area contributed by atoms with E-state index >= 15 is 0 Å². The monoisotopic (exact) mass is 104 g/mol. The average molecular weight is 104 g/mol. The molecule has 0 saturated carbocycles. The zero-order chi connectivity index (χ0) is 0. The maximum absolute atomic E-state index is 0. The number of halogens is 2. The molecule has 4 heavy (non-hydrogen) atoms. The van der Waals surface area contributed by atoms with Crippen molar-refractivity contribution in [1.82, 2.24) is 0 Å². The molecule has 0 aliphatic carbocycles. The first kappa shape index (κ1) is 34.4. The third-order valence-electron chi connectivity index (χ3n) is 0. The van der Waals surface area contributed by atoms with E-state index in [1.807, 2.05) is 0 Å². The molecule has 0 aromatic heterocycles. The Morgan fingerprint density at radius 3 is 0.750 bits per heavy atom. The van der Waals surface area contributed by atoms with Crippen molar-refractivity contribution >= 4 is 71.5 Å². The third kappa shape index (κ3) is 8.88. The predicted molar refractivity (Wildman–Crippen MR) is 24.0 cm³/mol. The fraction of sp³-hybridized carbons (Fsp3) is 0. The molecule has 0 atom stereocenters. The molecule has 0 aromatic carbocycles. The van der Waals surface area contributed by atoms with Gasteiger partial charge in [-0.1, -0.05) is 0 Å². The van der Waals surface area contributed by atoms with Crippen LogP contribution in [0.15, 0.2) is 0 Å². The van der Waals surface area contributed by atoms with Crippen LogP contribution in [0.4, 0.5) is 4.70 Å². The van der Waals surface area contributed by atoms with E-state index in [4.69, 9.17) is 0 Å². The summed E-state index contributed by atoms with van der Waals surface area (Å²) < 4.78 is 0. The van der Waals surface area contributed by atoms with Gasteiger partial charge in [-0.25, -0.2) is 0 Å². The molecule has 0 heterocycles. The molecular weight excluding hydrogens is 100 g/mol. The van der Waals surface area contributed by atoms with E-state index in [0.29, 0.717) is 0 Å². The normalized spacial score (nSPS) is 0. The molecule has 0 aromatic rings. The first-order valence-corrected chi connectivity index (χ1v) is 0. The molecule has 0 aliphatic heterocycles. The Balaban J connectivity index is 0. The molecule has 20 valence electrons. The summed E-state index contributed by atoms with van der Waals surface area (Å²) in [5, 5.41) is 0. The Morgan fingerprint density at radius 1 is 0.750 bits per heavy atom. The topological polar surface area (TPSA) is 0 Å². The molecule has 0 N–H and O–H groups in total. The van der Waals surface area contributed by atoms with Crippen LogP contribution in [0.3, 0.4) is 0 Å². The van der Waals surface area contributed by atoms with Crippen LogP contribution >= 0.6 is 12.4 Å². The summed E-state index contributed by atoms with van der Waals surface area (Å²) in [6.07, 6.45) is 0. The molecule has 0 radical (unpaired) electrons. The van der Waals surface area contributed by atoms with Crippen LogP contribution in [0, 0.1) is 0 Å². The van der Waals surface area contributed by atoms with Crippen molar-refractivity contribution in [2.75, 3.05) is 0 Å². The Kier molecular flexibility index (Phi) is 162. The second-order valence-corrected chi connectivity index (χ2v) is 0. The second kappa shape index (κ2) is 18.9. The van der Waals surface area contributed by atoms with Gasteiger partial charge in [-0.15, -0.1) is 12.4 Å². The first-order valence-electron chi connectivity index (χ1n) is 0. The summed E-state index contributed by atoms with van der Waals surface area (Å²) in [5.74, 6) is 0. The number of rotatable bonds is 0. The van der Waals surface area contributed by atoms with Gasteiger partial charge in [-0.3, -0.25) is 4.70 Å². The van der Waals surface area contributed by atoms with Crippen LogP contribution in [0.5, 0.6) is 0 Å². The van der Waals surface area contributed by atoms with E-state index in [2.05, 4.69) is 0 Å². The van der Waals surface area contributed by atoms with Gasteiger partial charge in [0.2, 0.25) is 0 Å². The first-order chi connectivity index (χ1) is 0. The number of hydrogen-bond acceptors (Lipinski definition) is 0. The van der Waals surface area contributed by atoms with Gasteiger partial charge in [0.25, 0.3) is 0 Å². The Labute approximate surface area is 75.1 Å². The maximum atomic E-state index is 0. The van der Waals surface area contributed by atoms with Crippen LogP contribution in [-0.2, 0) is 0 Å². The van der Waals surface area contributed by atoms with Crippen molar-refractivity contribution < 1.29 is 4.70 Å². The molecule has 4 heteroatoms. The van der Waals surface area contributed by atoms with Crippen molar-refractivity contribution in [3.63, 3.8) is 0 Å². The van der Waals surface area contributed by atoms with E-state index < -0.39 is 0 Å². The van der Waals surface area contributed by atoms with Gasteiger partial charge in [0.1, 0.15) is 0 Å². The molecule has 0 spiro atoms. The van der Waals surface area contributed by atoms with E-state index in [-0.39, 0.29) is 76.2 Å². The van der Waals surface area contributed by atoms with Crippen molar-refractivity contribution in [2.24, 2.45) is 0 Å². The van der Waals surface area contributed by atoms with Gasteiger partial charge in [-0.2, -0.15) is 0 Å². The minimum absolute atomic E-state index is 0. The number of hydrogen-bond donors (Lipinski definition) is 0. The molecule has 0 nitrogen and oxygen atoms in total. The molecule has 0 rings (SSSR count). The van der Waals surface area contributed by atoms with Gasteiger partial charge in [0, 0.05) is 0 Å². The summed E-state index contributed by atoms with van der Waals surface area (Å²) in [6.45, 7) is 0. The van der Waals surface area contributed by atoms with Crippen molar-refractivity contribution in [3.05, 3.63) is 0 Å².